The minimum absolute atomic E-state index is 0.135. The number of hydrogen-bond acceptors (Lipinski definition) is 9. The largest absolute Gasteiger partial charge is 0.415 e. The van der Waals surface area contributed by atoms with Crippen LogP contribution < -0.4 is 4.90 Å². The van der Waals surface area contributed by atoms with Crippen LogP contribution in [0.1, 0.15) is 17.9 Å². The number of halogens is 3. The Morgan fingerprint density at radius 2 is 1.81 bits per heavy atom. The standard InChI is InChI=1S/C24H23F3N8O2/c25-19-9-16(23-30-31-24(37-23)22(26)27)1-2-17(19)11-35-12-20(29-32-35)15-3-4-28-21(10-15)34-7-5-33(6-8-34)18-13-36-14-18/h1-4,9-10,12,18,22H,5-8,11,13-14H2. The Hall–Kier alpha value is -3.84. The number of nitrogens with zero attached hydrogens (tertiary/aromatic N) is 8. The third kappa shape index (κ3) is 4.91. The number of piperazine rings is 1. The van der Waals surface area contributed by atoms with Gasteiger partial charge < -0.3 is 14.1 Å². The van der Waals surface area contributed by atoms with E-state index in [1.807, 2.05) is 12.1 Å². The van der Waals surface area contributed by atoms with Crippen molar-refractivity contribution in [2.45, 2.75) is 19.0 Å². The van der Waals surface area contributed by atoms with E-state index >= 15 is 0 Å². The highest BCUT2D eigenvalue weighted by molar-refractivity contribution is 5.62. The lowest BCUT2D eigenvalue weighted by atomic mass is 10.1. The van der Waals surface area contributed by atoms with Gasteiger partial charge in [-0.2, -0.15) is 8.78 Å². The van der Waals surface area contributed by atoms with E-state index in [4.69, 9.17) is 9.15 Å². The van der Waals surface area contributed by atoms with Gasteiger partial charge in [0.2, 0.25) is 5.89 Å². The van der Waals surface area contributed by atoms with Gasteiger partial charge in [-0.25, -0.2) is 14.1 Å². The Balaban J connectivity index is 1.13. The molecule has 0 aliphatic carbocycles. The predicted octanol–water partition coefficient (Wildman–Crippen LogP) is 3.04. The van der Waals surface area contributed by atoms with Gasteiger partial charge in [0, 0.05) is 49.1 Å². The maximum Gasteiger partial charge on any atom is 0.314 e. The molecule has 0 N–H and O–H groups in total. The SMILES string of the molecule is Fc1cc(-c2nnc(C(F)F)o2)ccc1Cn1cc(-c2ccnc(N3CCN(C4COC4)CC3)c2)nn1. The molecule has 6 rings (SSSR count). The summed E-state index contributed by atoms with van der Waals surface area (Å²) in [5.41, 5.74) is 2.08. The zero-order chi connectivity index (χ0) is 25.4. The molecular weight excluding hydrogens is 489 g/mol. The Morgan fingerprint density at radius 1 is 0.973 bits per heavy atom. The quantitative estimate of drug-likeness (QED) is 0.370. The van der Waals surface area contributed by atoms with Gasteiger partial charge in [-0.3, -0.25) is 4.90 Å². The van der Waals surface area contributed by atoms with Crippen LogP contribution in [0.4, 0.5) is 19.0 Å². The molecule has 2 saturated heterocycles. The second-order valence-corrected chi connectivity index (χ2v) is 8.97. The highest BCUT2D eigenvalue weighted by Gasteiger charge is 2.29. The molecule has 5 heterocycles. The van der Waals surface area contributed by atoms with E-state index in [9.17, 15) is 13.2 Å². The number of benzene rings is 1. The third-order valence-corrected chi connectivity index (χ3v) is 6.61. The van der Waals surface area contributed by atoms with Crippen molar-refractivity contribution in [2.24, 2.45) is 0 Å². The summed E-state index contributed by atoms with van der Waals surface area (Å²) >= 11 is 0. The monoisotopic (exact) mass is 512 g/mol. The van der Waals surface area contributed by atoms with E-state index in [0.29, 0.717) is 17.3 Å². The number of aromatic nitrogens is 6. The van der Waals surface area contributed by atoms with E-state index in [2.05, 4.69) is 35.3 Å². The normalized spacial score (nSPS) is 16.9. The Labute approximate surface area is 209 Å². The van der Waals surface area contributed by atoms with E-state index < -0.39 is 18.1 Å². The summed E-state index contributed by atoms with van der Waals surface area (Å²) in [5, 5.41) is 15.2. The summed E-state index contributed by atoms with van der Waals surface area (Å²) in [6.45, 7) is 5.50. The molecule has 2 aliphatic rings. The average Bonchev–Trinajstić information content (AvgIpc) is 3.55. The molecule has 0 radical (unpaired) electrons. The molecule has 10 nitrogen and oxygen atoms in total. The molecule has 2 fully saturated rings. The van der Waals surface area contributed by atoms with Gasteiger partial charge in [0.05, 0.1) is 32.0 Å². The van der Waals surface area contributed by atoms with Crippen molar-refractivity contribution in [1.29, 1.82) is 0 Å². The van der Waals surface area contributed by atoms with Crippen LogP contribution in [0.25, 0.3) is 22.7 Å². The van der Waals surface area contributed by atoms with E-state index in [1.165, 1.54) is 22.9 Å². The highest BCUT2D eigenvalue weighted by atomic mass is 19.3. The Kier molecular flexibility index (Phi) is 6.30. The molecular formula is C24H23F3N8O2. The van der Waals surface area contributed by atoms with Crippen molar-refractivity contribution >= 4 is 5.82 Å². The summed E-state index contributed by atoms with van der Waals surface area (Å²) in [6, 6.07) is 8.62. The van der Waals surface area contributed by atoms with Gasteiger partial charge in [0.25, 0.3) is 5.89 Å². The molecule has 0 unspecified atom stereocenters. The molecule has 13 heteroatoms. The van der Waals surface area contributed by atoms with E-state index in [0.717, 1.165) is 50.8 Å². The fourth-order valence-electron chi connectivity index (χ4n) is 4.43. The smallest absolute Gasteiger partial charge is 0.314 e. The topological polar surface area (TPSA) is 98.2 Å². The molecule has 37 heavy (non-hydrogen) atoms. The van der Waals surface area contributed by atoms with Crippen LogP contribution in [-0.2, 0) is 11.3 Å². The van der Waals surface area contributed by atoms with Crippen molar-refractivity contribution in [3.63, 3.8) is 0 Å². The minimum Gasteiger partial charge on any atom is -0.415 e. The fourth-order valence-corrected chi connectivity index (χ4v) is 4.43. The summed E-state index contributed by atoms with van der Waals surface area (Å²) in [6.07, 6.45) is 0.611. The minimum atomic E-state index is -2.89. The summed E-state index contributed by atoms with van der Waals surface area (Å²) in [4.78, 5) is 9.26. The van der Waals surface area contributed by atoms with Gasteiger partial charge in [-0.05, 0) is 24.3 Å². The molecule has 0 spiro atoms. The summed E-state index contributed by atoms with van der Waals surface area (Å²) in [5.74, 6) is -0.643. The number of hydrogen-bond donors (Lipinski definition) is 0. The van der Waals surface area contributed by atoms with Crippen LogP contribution in [0.5, 0.6) is 0 Å². The second-order valence-electron chi connectivity index (χ2n) is 8.97. The van der Waals surface area contributed by atoms with Crippen LogP contribution in [0.3, 0.4) is 0 Å². The first kappa shape index (κ1) is 23.6. The van der Waals surface area contributed by atoms with E-state index in [1.54, 1.807) is 12.4 Å². The van der Waals surface area contributed by atoms with Crippen molar-refractivity contribution in [2.75, 3.05) is 44.3 Å². The molecule has 0 atom stereocenters. The second kappa shape index (κ2) is 9.90. The summed E-state index contributed by atoms with van der Waals surface area (Å²) in [7, 11) is 0. The van der Waals surface area contributed by atoms with Gasteiger partial charge in [0.1, 0.15) is 17.3 Å². The van der Waals surface area contributed by atoms with Crippen LogP contribution in [-0.4, -0.2) is 80.5 Å². The molecule has 2 aliphatic heterocycles. The molecule has 192 valence electrons. The lowest BCUT2D eigenvalue weighted by Crippen LogP contribution is -2.56. The molecule has 4 aromatic rings. The Morgan fingerprint density at radius 3 is 2.51 bits per heavy atom. The van der Waals surface area contributed by atoms with Gasteiger partial charge in [-0.15, -0.1) is 15.3 Å². The van der Waals surface area contributed by atoms with Crippen molar-refractivity contribution in [3.05, 3.63) is 60.0 Å². The predicted molar refractivity (Wildman–Crippen MR) is 125 cm³/mol. The first-order valence-corrected chi connectivity index (χ1v) is 11.9. The number of ether oxygens (including phenoxy) is 1. The van der Waals surface area contributed by atoms with Gasteiger partial charge in [-0.1, -0.05) is 11.3 Å². The van der Waals surface area contributed by atoms with Crippen LogP contribution >= 0.6 is 0 Å². The molecule has 0 amide bonds. The van der Waals surface area contributed by atoms with Crippen LogP contribution in [0, 0.1) is 5.82 Å². The maximum atomic E-state index is 14.8. The lowest BCUT2D eigenvalue weighted by molar-refractivity contribution is -0.0660. The van der Waals surface area contributed by atoms with Crippen molar-refractivity contribution in [3.8, 4) is 22.7 Å². The number of alkyl halides is 2. The van der Waals surface area contributed by atoms with Gasteiger partial charge in [0.15, 0.2) is 0 Å². The molecule has 3 aromatic heterocycles. The lowest BCUT2D eigenvalue weighted by Gasteiger charge is -2.42. The third-order valence-electron chi connectivity index (χ3n) is 6.61. The number of pyridine rings is 1. The highest BCUT2D eigenvalue weighted by Crippen LogP contribution is 2.26. The zero-order valence-corrected chi connectivity index (χ0v) is 19.7. The average molecular weight is 512 g/mol. The van der Waals surface area contributed by atoms with E-state index in [-0.39, 0.29) is 18.0 Å². The molecule has 0 bridgehead atoms. The van der Waals surface area contributed by atoms with Crippen molar-refractivity contribution < 1.29 is 22.3 Å². The van der Waals surface area contributed by atoms with Crippen LogP contribution in [0.2, 0.25) is 0 Å². The summed E-state index contributed by atoms with van der Waals surface area (Å²) < 4.78 is 51.9. The molecule has 1 aromatic carbocycles. The number of rotatable bonds is 7. The first-order valence-electron chi connectivity index (χ1n) is 11.9. The fraction of sp³-hybridized carbons (Fsp3) is 0.375. The van der Waals surface area contributed by atoms with Gasteiger partial charge >= 0.3 is 6.43 Å². The van der Waals surface area contributed by atoms with Crippen LogP contribution in [0.15, 0.2) is 47.1 Å². The zero-order valence-electron chi connectivity index (χ0n) is 19.7. The van der Waals surface area contributed by atoms with Crippen molar-refractivity contribution in [1.82, 2.24) is 35.1 Å². The Bertz CT molecular complexity index is 1380. The number of anilines is 1. The maximum absolute atomic E-state index is 14.8. The first-order chi connectivity index (χ1) is 18.0. The molecule has 0 saturated carbocycles.